The monoisotopic (exact) mass is 299 g/mol. The molecular weight excluding hydrogens is 278 g/mol. The van der Waals surface area contributed by atoms with Gasteiger partial charge < -0.3 is 10.1 Å². The molecular formula is C13H21N3O3S. The second-order valence-corrected chi connectivity index (χ2v) is 6.58. The standard InChI is InChI=1S/C13H21N3O3S/c1-2-14-7-11-3-4-13(15-8-11)20(17,18)16-9-12-5-6-19-10-12/h3-4,8,12,14,16H,2,5-7,9-10H2,1H3. The summed E-state index contributed by atoms with van der Waals surface area (Å²) in [6.45, 7) is 5.31. The van der Waals surface area contributed by atoms with Crippen molar-refractivity contribution in [1.29, 1.82) is 0 Å². The van der Waals surface area contributed by atoms with Crippen molar-refractivity contribution in [3.8, 4) is 0 Å². The van der Waals surface area contributed by atoms with Crippen LogP contribution in [0.25, 0.3) is 0 Å². The average Bonchev–Trinajstić information content (AvgIpc) is 2.97. The van der Waals surface area contributed by atoms with Gasteiger partial charge in [0.1, 0.15) is 0 Å². The molecule has 0 radical (unpaired) electrons. The van der Waals surface area contributed by atoms with Crippen molar-refractivity contribution < 1.29 is 13.2 Å². The molecule has 1 aromatic heterocycles. The van der Waals surface area contributed by atoms with Gasteiger partial charge in [0.2, 0.25) is 0 Å². The van der Waals surface area contributed by atoms with Gasteiger partial charge in [-0.3, -0.25) is 0 Å². The molecule has 7 heteroatoms. The number of nitrogens with zero attached hydrogens (tertiary/aromatic N) is 1. The zero-order chi connectivity index (χ0) is 14.4. The fraction of sp³-hybridized carbons (Fsp3) is 0.615. The first-order valence-electron chi connectivity index (χ1n) is 6.85. The first-order valence-corrected chi connectivity index (χ1v) is 8.33. The first kappa shape index (κ1) is 15.4. The van der Waals surface area contributed by atoms with Crippen molar-refractivity contribution in [3.63, 3.8) is 0 Å². The summed E-state index contributed by atoms with van der Waals surface area (Å²) in [6.07, 6.45) is 2.49. The lowest BCUT2D eigenvalue weighted by Gasteiger charge is -2.10. The Morgan fingerprint density at radius 1 is 1.45 bits per heavy atom. The highest BCUT2D eigenvalue weighted by molar-refractivity contribution is 7.89. The Morgan fingerprint density at radius 3 is 2.90 bits per heavy atom. The number of rotatable bonds is 7. The third-order valence-corrected chi connectivity index (χ3v) is 4.58. The summed E-state index contributed by atoms with van der Waals surface area (Å²) in [6, 6.07) is 3.32. The van der Waals surface area contributed by atoms with Crippen LogP contribution in [0.5, 0.6) is 0 Å². The van der Waals surface area contributed by atoms with Crippen molar-refractivity contribution in [2.45, 2.75) is 24.9 Å². The van der Waals surface area contributed by atoms with Crippen molar-refractivity contribution in [2.75, 3.05) is 26.3 Å². The minimum absolute atomic E-state index is 0.0664. The van der Waals surface area contributed by atoms with Crippen LogP contribution in [-0.2, 0) is 21.3 Å². The van der Waals surface area contributed by atoms with Crippen LogP contribution in [0.4, 0.5) is 0 Å². The molecule has 1 unspecified atom stereocenters. The van der Waals surface area contributed by atoms with E-state index in [1.807, 2.05) is 6.92 Å². The molecule has 0 aromatic carbocycles. The second kappa shape index (κ2) is 7.12. The summed E-state index contributed by atoms with van der Waals surface area (Å²) in [5.41, 5.74) is 0.968. The van der Waals surface area contributed by atoms with Crippen LogP contribution in [0.3, 0.4) is 0 Å². The number of hydrogen-bond acceptors (Lipinski definition) is 5. The molecule has 1 aliphatic rings. The molecule has 0 bridgehead atoms. The van der Waals surface area contributed by atoms with E-state index >= 15 is 0 Å². The number of ether oxygens (including phenoxy) is 1. The molecule has 0 aliphatic carbocycles. The van der Waals surface area contributed by atoms with Gasteiger partial charge in [0.15, 0.2) is 5.03 Å². The summed E-state index contributed by atoms with van der Waals surface area (Å²) in [7, 11) is -3.52. The molecule has 20 heavy (non-hydrogen) atoms. The van der Waals surface area contributed by atoms with Crippen LogP contribution in [0.15, 0.2) is 23.4 Å². The van der Waals surface area contributed by atoms with E-state index in [4.69, 9.17) is 4.74 Å². The highest BCUT2D eigenvalue weighted by atomic mass is 32.2. The summed E-state index contributed by atoms with van der Waals surface area (Å²) >= 11 is 0. The van der Waals surface area contributed by atoms with Crippen LogP contribution in [0.2, 0.25) is 0 Å². The maximum Gasteiger partial charge on any atom is 0.258 e. The van der Waals surface area contributed by atoms with E-state index in [1.54, 1.807) is 18.3 Å². The van der Waals surface area contributed by atoms with E-state index < -0.39 is 10.0 Å². The van der Waals surface area contributed by atoms with Gasteiger partial charge in [-0.15, -0.1) is 0 Å². The highest BCUT2D eigenvalue weighted by Crippen LogP contribution is 2.12. The summed E-state index contributed by atoms with van der Waals surface area (Å²) in [4.78, 5) is 4.03. The number of pyridine rings is 1. The molecule has 1 atom stereocenters. The van der Waals surface area contributed by atoms with Gasteiger partial charge in [-0.05, 0) is 30.5 Å². The lowest BCUT2D eigenvalue weighted by atomic mass is 10.1. The van der Waals surface area contributed by atoms with E-state index in [-0.39, 0.29) is 10.9 Å². The van der Waals surface area contributed by atoms with Gasteiger partial charge in [-0.25, -0.2) is 18.1 Å². The van der Waals surface area contributed by atoms with Crippen molar-refractivity contribution >= 4 is 10.0 Å². The number of sulfonamides is 1. The van der Waals surface area contributed by atoms with Crippen LogP contribution < -0.4 is 10.0 Å². The van der Waals surface area contributed by atoms with Gasteiger partial charge in [0, 0.05) is 25.9 Å². The quantitative estimate of drug-likeness (QED) is 0.766. The Labute approximate surface area is 120 Å². The van der Waals surface area contributed by atoms with Crippen molar-refractivity contribution in [1.82, 2.24) is 15.0 Å². The largest absolute Gasteiger partial charge is 0.381 e. The smallest absolute Gasteiger partial charge is 0.258 e. The van der Waals surface area contributed by atoms with Gasteiger partial charge in [-0.1, -0.05) is 13.0 Å². The third kappa shape index (κ3) is 4.24. The highest BCUT2D eigenvalue weighted by Gasteiger charge is 2.20. The Balaban J connectivity index is 1.94. The SMILES string of the molecule is CCNCc1ccc(S(=O)(=O)NCC2CCOC2)nc1. The number of nitrogens with one attached hydrogen (secondary N) is 2. The molecule has 2 heterocycles. The van der Waals surface area contributed by atoms with E-state index in [0.29, 0.717) is 26.3 Å². The van der Waals surface area contributed by atoms with Crippen molar-refractivity contribution in [2.24, 2.45) is 5.92 Å². The van der Waals surface area contributed by atoms with Gasteiger partial charge in [-0.2, -0.15) is 0 Å². The van der Waals surface area contributed by atoms with Crippen molar-refractivity contribution in [3.05, 3.63) is 23.9 Å². The minimum atomic E-state index is -3.52. The topological polar surface area (TPSA) is 80.3 Å². The summed E-state index contributed by atoms with van der Waals surface area (Å²) in [5.74, 6) is 0.262. The molecule has 1 aromatic rings. The van der Waals surface area contributed by atoms with Gasteiger partial charge >= 0.3 is 0 Å². The summed E-state index contributed by atoms with van der Waals surface area (Å²) in [5, 5.41) is 3.23. The summed E-state index contributed by atoms with van der Waals surface area (Å²) < 4.78 is 32.0. The van der Waals surface area contributed by atoms with Crippen LogP contribution >= 0.6 is 0 Å². The van der Waals surface area contributed by atoms with E-state index in [1.165, 1.54) is 0 Å². The van der Waals surface area contributed by atoms with Gasteiger partial charge in [0.25, 0.3) is 10.0 Å². The molecule has 0 saturated carbocycles. The Bertz CT molecular complexity index is 510. The average molecular weight is 299 g/mol. The van der Waals surface area contributed by atoms with E-state index in [9.17, 15) is 8.42 Å². The molecule has 6 nitrogen and oxygen atoms in total. The molecule has 2 rings (SSSR count). The molecule has 1 aliphatic heterocycles. The number of hydrogen-bond donors (Lipinski definition) is 2. The fourth-order valence-corrected chi connectivity index (χ4v) is 3.03. The minimum Gasteiger partial charge on any atom is -0.381 e. The molecule has 0 spiro atoms. The molecule has 1 saturated heterocycles. The van der Waals surface area contributed by atoms with Crippen LogP contribution in [-0.4, -0.2) is 39.7 Å². The second-order valence-electron chi connectivity index (χ2n) is 4.87. The maximum absolute atomic E-state index is 12.1. The lowest BCUT2D eigenvalue weighted by Crippen LogP contribution is -2.30. The zero-order valence-electron chi connectivity index (χ0n) is 11.6. The van der Waals surface area contributed by atoms with E-state index in [0.717, 1.165) is 18.5 Å². The normalized spacial score (nSPS) is 19.4. The number of aromatic nitrogens is 1. The van der Waals surface area contributed by atoms with Crippen LogP contribution in [0, 0.1) is 5.92 Å². The first-order chi connectivity index (χ1) is 9.62. The van der Waals surface area contributed by atoms with Crippen LogP contribution in [0.1, 0.15) is 18.9 Å². The fourth-order valence-electron chi connectivity index (χ4n) is 1.99. The molecule has 1 fully saturated rings. The Morgan fingerprint density at radius 2 is 2.30 bits per heavy atom. The molecule has 112 valence electrons. The lowest BCUT2D eigenvalue weighted by molar-refractivity contribution is 0.186. The Hall–Kier alpha value is -1.02. The van der Waals surface area contributed by atoms with E-state index in [2.05, 4.69) is 15.0 Å². The zero-order valence-corrected chi connectivity index (χ0v) is 12.4. The molecule has 0 amide bonds. The Kier molecular flexibility index (Phi) is 5.47. The maximum atomic E-state index is 12.1. The predicted octanol–water partition coefficient (Wildman–Crippen LogP) is 0.506. The van der Waals surface area contributed by atoms with Gasteiger partial charge in [0.05, 0.1) is 6.61 Å². The third-order valence-electron chi connectivity index (χ3n) is 3.24. The molecule has 2 N–H and O–H groups in total. The predicted molar refractivity (Wildman–Crippen MR) is 75.7 cm³/mol.